The highest BCUT2D eigenvalue weighted by molar-refractivity contribution is 7.12. The van der Waals surface area contributed by atoms with Crippen LogP contribution in [0.3, 0.4) is 0 Å². The highest BCUT2D eigenvalue weighted by Gasteiger charge is 2.17. The predicted molar refractivity (Wildman–Crippen MR) is 86.3 cm³/mol. The lowest BCUT2D eigenvalue weighted by atomic mass is 10.1. The Kier molecular flexibility index (Phi) is 4.36. The SMILES string of the molecule is N[C@H](Cc1ccccc1)C(=O)NCc1cc2c(s1)CCC2. The van der Waals surface area contributed by atoms with Gasteiger partial charge in [-0.05, 0) is 42.9 Å². The Morgan fingerprint density at radius 2 is 2.10 bits per heavy atom. The molecule has 1 aliphatic rings. The lowest BCUT2D eigenvalue weighted by Gasteiger charge is -2.11. The van der Waals surface area contributed by atoms with Gasteiger partial charge in [0.1, 0.15) is 0 Å². The Bertz CT molecular complexity index is 599. The van der Waals surface area contributed by atoms with Crippen molar-refractivity contribution in [2.75, 3.05) is 0 Å². The molecule has 2 aromatic rings. The minimum absolute atomic E-state index is 0.0765. The molecule has 110 valence electrons. The minimum atomic E-state index is -0.487. The summed E-state index contributed by atoms with van der Waals surface area (Å²) in [5, 5.41) is 2.95. The van der Waals surface area contributed by atoms with E-state index in [1.807, 2.05) is 41.7 Å². The van der Waals surface area contributed by atoms with E-state index in [0.29, 0.717) is 13.0 Å². The molecule has 1 heterocycles. The number of carbonyl (C=O) groups is 1. The number of nitrogens with two attached hydrogens (primary N) is 1. The number of carbonyl (C=O) groups excluding carboxylic acids is 1. The van der Waals surface area contributed by atoms with Crippen LogP contribution in [0.5, 0.6) is 0 Å². The van der Waals surface area contributed by atoms with E-state index >= 15 is 0 Å². The second-order valence-electron chi connectivity index (χ2n) is 5.53. The number of hydrogen-bond acceptors (Lipinski definition) is 3. The van der Waals surface area contributed by atoms with Crippen LogP contribution < -0.4 is 11.1 Å². The highest BCUT2D eigenvalue weighted by Crippen LogP contribution is 2.30. The van der Waals surface area contributed by atoms with Gasteiger partial charge < -0.3 is 11.1 Å². The van der Waals surface area contributed by atoms with Crippen LogP contribution in [0.1, 0.15) is 27.3 Å². The normalized spacial score (nSPS) is 14.7. The highest BCUT2D eigenvalue weighted by atomic mass is 32.1. The summed E-state index contributed by atoms with van der Waals surface area (Å²) >= 11 is 1.82. The second-order valence-corrected chi connectivity index (χ2v) is 6.75. The second kappa shape index (κ2) is 6.41. The molecular weight excluding hydrogens is 280 g/mol. The van der Waals surface area contributed by atoms with Crippen LogP contribution in [0.2, 0.25) is 0 Å². The van der Waals surface area contributed by atoms with Crippen molar-refractivity contribution in [2.45, 2.75) is 38.3 Å². The first-order chi connectivity index (χ1) is 10.2. The Morgan fingerprint density at radius 1 is 1.29 bits per heavy atom. The molecule has 1 atom stereocenters. The molecule has 0 fully saturated rings. The maximum absolute atomic E-state index is 12.1. The lowest BCUT2D eigenvalue weighted by molar-refractivity contribution is -0.122. The molecule has 1 aliphatic carbocycles. The molecule has 0 saturated heterocycles. The Labute approximate surface area is 129 Å². The molecule has 1 amide bonds. The van der Waals surface area contributed by atoms with Crippen LogP contribution in [0.15, 0.2) is 36.4 Å². The van der Waals surface area contributed by atoms with Crippen molar-refractivity contribution in [2.24, 2.45) is 5.73 Å². The topological polar surface area (TPSA) is 55.1 Å². The van der Waals surface area contributed by atoms with Gasteiger partial charge in [0.2, 0.25) is 5.91 Å². The molecule has 1 aromatic carbocycles. The third kappa shape index (κ3) is 3.52. The van der Waals surface area contributed by atoms with E-state index in [4.69, 9.17) is 5.73 Å². The summed E-state index contributed by atoms with van der Waals surface area (Å²) in [4.78, 5) is 14.8. The summed E-state index contributed by atoms with van der Waals surface area (Å²) in [6.45, 7) is 0.596. The van der Waals surface area contributed by atoms with Gasteiger partial charge in [0.15, 0.2) is 0 Å². The van der Waals surface area contributed by atoms with Crippen molar-refractivity contribution < 1.29 is 4.79 Å². The smallest absolute Gasteiger partial charge is 0.237 e. The van der Waals surface area contributed by atoms with Crippen LogP contribution in [0.4, 0.5) is 0 Å². The van der Waals surface area contributed by atoms with Gasteiger partial charge in [-0.1, -0.05) is 30.3 Å². The Balaban J connectivity index is 1.51. The summed E-state index contributed by atoms with van der Waals surface area (Å²) in [6, 6.07) is 11.6. The fourth-order valence-electron chi connectivity index (χ4n) is 2.74. The van der Waals surface area contributed by atoms with Crippen LogP contribution in [0.25, 0.3) is 0 Å². The van der Waals surface area contributed by atoms with E-state index in [1.54, 1.807) is 0 Å². The van der Waals surface area contributed by atoms with Gasteiger partial charge in [0.05, 0.1) is 12.6 Å². The van der Waals surface area contributed by atoms with E-state index in [-0.39, 0.29) is 5.91 Å². The zero-order chi connectivity index (χ0) is 14.7. The summed E-state index contributed by atoms with van der Waals surface area (Å²) in [6.07, 6.45) is 4.23. The van der Waals surface area contributed by atoms with Gasteiger partial charge in [-0.2, -0.15) is 0 Å². The average Bonchev–Trinajstić information content (AvgIpc) is 3.06. The molecule has 4 heteroatoms. The lowest BCUT2D eigenvalue weighted by Crippen LogP contribution is -2.41. The largest absolute Gasteiger partial charge is 0.350 e. The number of benzene rings is 1. The molecule has 0 radical (unpaired) electrons. The Morgan fingerprint density at radius 3 is 2.86 bits per heavy atom. The van der Waals surface area contributed by atoms with Gasteiger partial charge in [-0.25, -0.2) is 0 Å². The zero-order valence-electron chi connectivity index (χ0n) is 12.0. The van der Waals surface area contributed by atoms with E-state index in [9.17, 15) is 4.79 Å². The van der Waals surface area contributed by atoms with Gasteiger partial charge in [-0.3, -0.25) is 4.79 Å². The number of rotatable bonds is 5. The molecule has 0 unspecified atom stereocenters. The first kappa shape index (κ1) is 14.3. The fourth-order valence-corrected chi connectivity index (χ4v) is 3.94. The van der Waals surface area contributed by atoms with Crippen molar-refractivity contribution in [1.82, 2.24) is 5.32 Å². The van der Waals surface area contributed by atoms with E-state index < -0.39 is 6.04 Å². The molecule has 0 bridgehead atoms. The first-order valence-corrected chi connectivity index (χ1v) is 8.21. The van der Waals surface area contributed by atoms with Gasteiger partial charge in [0, 0.05) is 9.75 Å². The van der Waals surface area contributed by atoms with E-state index in [0.717, 1.165) is 5.56 Å². The quantitative estimate of drug-likeness (QED) is 0.891. The van der Waals surface area contributed by atoms with Gasteiger partial charge in [0.25, 0.3) is 0 Å². The van der Waals surface area contributed by atoms with Crippen molar-refractivity contribution in [3.63, 3.8) is 0 Å². The standard InChI is InChI=1S/C17H20N2OS/c18-15(9-12-5-2-1-3-6-12)17(20)19-11-14-10-13-7-4-8-16(13)21-14/h1-3,5-6,10,15H,4,7-9,11,18H2,(H,19,20)/t15-/m1/s1. The molecule has 0 saturated carbocycles. The van der Waals surface area contributed by atoms with Crippen molar-refractivity contribution in [1.29, 1.82) is 0 Å². The van der Waals surface area contributed by atoms with Crippen molar-refractivity contribution in [3.8, 4) is 0 Å². The minimum Gasteiger partial charge on any atom is -0.350 e. The molecule has 3 N–H and O–H groups in total. The van der Waals surface area contributed by atoms with Crippen molar-refractivity contribution >= 4 is 17.2 Å². The number of thiophene rings is 1. The third-order valence-corrected chi connectivity index (χ3v) is 5.11. The molecule has 21 heavy (non-hydrogen) atoms. The van der Waals surface area contributed by atoms with Crippen LogP contribution in [-0.4, -0.2) is 11.9 Å². The number of hydrogen-bond donors (Lipinski definition) is 2. The van der Waals surface area contributed by atoms with Crippen LogP contribution in [-0.2, 0) is 30.6 Å². The molecule has 0 spiro atoms. The van der Waals surface area contributed by atoms with Crippen LogP contribution >= 0.6 is 11.3 Å². The summed E-state index contributed by atoms with van der Waals surface area (Å²) in [7, 11) is 0. The molecule has 1 aromatic heterocycles. The number of fused-ring (bicyclic) bond motifs is 1. The zero-order valence-corrected chi connectivity index (χ0v) is 12.8. The summed E-state index contributed by atoms with van der Waals surface area (Å²) in [5.41, 5.74) is 8.54. The number of aryl methyl sites for hydroxylation is 2. The van der Waals surface area contributed by atoms with Gasteiger partial charge in [-0.15, -0.1) is 11.3 Å². The fraction of sp³-hybridized carbons (Fsp3) is 0.353. The maximum atomic E-state index is 12.1. The van der Waals surface area contributed by atoms with Crippen LogP contribution in [0, 0.1) is 0 Å². The van der Waals surface area contributed by atoms with Crippen molar-refractivity contribution in [3.05, 3.63) is 57.3 Å². The Hall–Kier alpha value is -1.65. The predicted octanol–water partition coefficient (Wildman–Crippen LogP) is 2.42. The number of amides is 1. The molecule has 3 rings (SSSR count). The van der Waals surface area contributed by atoms with E-state index in [1.165, 1.54) is 34.6 Å². The first-order valence-electron chi connectivity index (χ1n) is 7.40. The summed E-state index contributed by atoms with van der Waals surface area (Å²) < 4.78 is 0. The molecule has 0 aliphatic heterocycles. The number of nitrogens with one attached hydrogen (secondary N) is 1. The third-order valence-electron chi connectivity index (χ3n) is 3.87. The average molecular weight is 300 g/mol. The maximum Gasteiger partial charge on any atom is 0.237 e. The van der Waals surface area contributed by atoms with E-state index in [2.05, 4.69) is 11.4 Å². The molecule has 3 nitrogen and oxygen atoms in total. The summed E-state index contributed by atoms with van der Waals surface area (Å²) in [5.74, 6) is -0.0765. The van der Waals surface area contributed by atoms with Gasteiger partial charge >= 0.3 is 0 Å². The monoisotopic (exact) mass is 300 g/mol. The molecular formula is C17H20N2OS.